The van der Waals surface area contributed by atoms with Crippen LogP contribution in [0.5, 0.6) is 0 Å². The lowest BCUT2D eigenvalue weighted by Gasteiger charge is -2.13. The van der Waals surface area contributed by atoms with E-state index < -0.39 is 11.6 Å². The number of carbonyl (C=O) groups excluding carboxylic acids is 1. The number of thioether (sulfide) groups is 1. The smallest absolute Gasteiger partial charge is 0.325 e. The Bertz CT molecular complexity index is 596. The lowest BCUT2D eigenvalue weighted by Crippen LogP contribution is -2.22. The summed E-state index contributed by atoms with van der Waals surface area (Å²) in [5, 5.41) is 2.64. The number of alkyl halides is 3. The van der Waals surface area contributed by atoms with Crippen molar-refractivity contribution in [2.24, 2.45) is 0 Å². The average Bonchev–Trinajstić information content (AvgIpc) is 2.92. The van der Waals surface area contributed by atoms with E-state index in [1.807, 2.05) is 0 Å². The van der Waals surface area contributed by atoms with Crippen molar-refractivity contribution in [1.29, 1.82) is 0 Å². The van der Waals surface area contributed by atoms with Gasteiger partial charge in [-0.15, -0.1) is 0 Å². The third-order valence-corrected chi connectivity index (χ3v) is 3.45. The van der Waals surface area contributed by atoms with Gasteiger partial charge in [-0.25, -0.2) is 4.98 Å². The maximum atomic E-state index is 12.2. The summed E-state index contributed by atoms with van der Waals surface area (Å²) in [5.41, 5.74) is -3.88. The summed E-state index contributed by atoms with van der Waals surface area (Å²) in [4.78, 5) is 15.9. The molecule has 0 radical (unpaired) electrons. The number of halogens is 3. The molecule has 1 heterocycles. The first kappa shape index (κ1) is 15.4. The van der Waals surface area contributed by atoms with Crippen LogP contribution in [0.3, 0.4) is 0 Å². The first-order chi connectivity index (χ1) is 9.85. The molecule has 0 aliphatic rings. The van der Waals surface area contributed by atoms with E-state index >= 15 is 0 Å². The second-order valence-corrected chi connectivity index (χ2v) is 5.39. The van der Waals surface area contributed by atoms with Gasteiger partial charge in [-0.3, -0.25) is 4.79 Å². The minimum Gasteiger partial charge on any atom is -0.325 e. The number of carbonyl (C=O) groups is 1. The lowest BCUT2D eigenvalue weighted by molar-refractivity contribution is -0.118. The highest BCUT2D eigenvalue weighted by Gasteiger charge is 2.29. The molecular weight excluding hydrogens is 303 g/mol. The van der Waals surface area contributed by atoms with Gasteiger partial charge in [0.25, 0.3) is 0 Å². The predicted octanol–water partition coefficient (Wildman–Crippen LogP) is 3.69. The molecule has 21 heavy (non-hydrogen) atoms. The van der Waals surface area contributed by atoms with Crippen molar-refractivity contribution in [2.45, 2.75) is 23.4 Å². The van der Waals surface area contributed by atoms with Crippen LogP contribution in [0.2, 0.25) is 0 Å². The molecule has 8 heteroatoms. The van der Waals surface area contributed by atoms with Gasteiger partial charge in [-0.05, 0) is 43.0 Å². The van der Waals surface area contributed by atoms with E-state index in [4.69, 9.17) is 0 Å². The molecule has 0 bridgehead atoms. The maximum absolute atomic E-state index is 12.2. The second kappa shape index (κ2) is 6.21. The Balaban J connectivity index is 1.98. The third-order valence-electron chi connectivity index (χ3n) is 2.71. The Morgan fingerprint density at radius 2 is 2.00 bits per heavy atom. The van der Waals surface area contributed by atoms with Crippen molar-refractivity contribution in [1.82, 2.24) is 9.55 Å². The Hall–Kier alpha value is -1.96. The first-order valence-corrected chi connectivity index (χ1v) is 6.81. The molecule has 2 aromatic rings. The Labute approximate surface area is 123 Å². The number of imidazole rings is 1. The average molecular weight is 315 g/mol. The molecule has 1 aromatic heterocycles. The summed E-state index contributed by atoms with van der Waals surface area (Å²) in [6, 6.07) is 5.04. The zero-order valence-corrected chi connectivity index (χ0v) is 11.8. The largest absolute Gasteiger partial charge is 0.446 e. The summed E-state index contributed by atoms with van der Waals surface area (Å²) < 4.78 is 38.2. The van der Waals surface area contributed by atoms with Crippen LogP contribution in [-0.4, -0.2) is 21.0 Å². The molecule has 1 atom stereocenters. The first-order valence-electron chi connectivity index (χ1n) is 5.99. The van der Waals surface area contributed by atoms with Gasteiger partial charge in [0.15, 0.2) is 0 Å². The molecule has 1 amide bonds. The van der Waals surface area contributed by atoms with Crippen molar-refractivity contribution in [3.05, 3.63) is 43.0 Å². The molecule has 0 aliphatic carbocycles. The summed E-state index contributed by atoms with van der Waals surface area (Å²) in [5.74, 6) is -0.274. The number of rotatable bonds is 4. The minimum absolute atomic E-state index is 0.0724. The van der Waals surface area contributed by atoms with Crippen LogP contribution in [0, 0.1) is 0 Å². The number of anilines is 1. The standard InChI is InChI=1S/C13H12F3N3OS/c1-9(19-7-6-17-8-19)12(20)18-10-2-4-11(5-3-10)21-13(14,15)16/h2-9H,1H3,(H,18,20)/t9-/m0/s1. The molecule has 0 aliphatic heterocycles. The van der Waals surface area contributed by atoms with Crippen molar-refractivity contribution < 1.29 is 18.0 Å². The minimum atomic E-state index is -4.32. The molecule has 0 spiro atoms. The van der Waals surface area contributed by atoms with E-state index in [1.54, 1.807) is 23.9 Å². The van der Waals surface area contributed by atoms with Crippen molar-refractivity contribution >= 4 is 23.4 Å². The molecular formula is C13H12F3N3OS. The number of benzene rings is 1. The van der Waals surface area contributed by atoms with E-state index in [2.05, 4.69) is 10.3 Å². The molecule has 0 fully saturated rings. The summed E-state index contributed by atoms with van der Waals surface area (Å²) in [7, 11) is 0. The Kier molecular flexibility index (Phi) is 4.56. The van der Waals surface area contributed by atoms with Crippen molar-refractivity contribution in [3.8, 4) is 0 Å². The van der Waals surface area contributed by atoms with E-state index in [0.717, 1.165) is 0 Å². The molecule has 2 rings (SSSR count). The van der Waals surface area contributed by atoms with Gasteiger partial charge in [-0.1, -0.05) is 0 Å². The van der Waals surface area contributed by atoms with Gasteiger partial charge in [0.1, 0.15) is 6.04 Å². The number of nitrogens with zero attached hydrogens (tertiary/aromatic N) is 2. The van der Waals surface area contributed by atoms with Crippen LogP contribution < -0.4 is 5.32 Å². The van der Waals surface area contributed by atoms with Gasteiger partial charge in [-0.2, -0.15) is 13.2 Å². The van der Waals surface area contributed by atoms with E-state index in [0.29, 0.717) is 5.69 Å². The SMILES string of the molecule is C[C@@H](C(=O)Nc1ccc(SC(F)(F)F)cc1)n1ccnc1. The van der Waals surface area contributed by atoms with Crippen LogP contribution in [0.1, 0.15) is 13.0 Å². The zero-order valence-electron chi connectivity index (χ0n) is 11.0. The number of amides is 1. The molecule has 4 nitrogen and oxygen atoms in total. The fourth-order valence-electron chi connectivity index (χ4n) is 1.62. The maximum Gasteiger partial charge on any atom is 0.446 e. The van der Waals surface area contributed by atoms with E-state index in [1.165, 1.54) is 30.6 Å². The monoisotopic (exact) mass is 315 g/mol. The number of aromatic nitrogens is 2. The molecule has 1 N–H and O–H groups in total. The highest BCUT2D eigenvalue weighted by molar-refractivity contribution is 8.00. The molecule has 0 unspecified atom stereocenters. The second-order valence-electron chi connectivity index (χ2n) is 4.25. The van der Waals surface area contributed by atoms with Crippen LogP contribution in [-0.2, 0) is 4.79 Å². The predicted molar refractivity (Wildman–Crippen MR) is 73.9 cm³/mol. The molecule has 0 saturated heterocycles. The summed E-state index contributed by atoms with van der Waals surface area (Å²) in [6.07, 6.45) is 4.74. The van der Waals surface area contributed by atoms with Crippen molar-refractivity contribution in [3.63, 3.8) is 0 Å². The normalized spacial score (nSPS) is 13.0. The van der Waals surface area contributed by atoms with Crippen LogP contribution >= 0.6 is 11.8 Å². The fourth-order valence-corrected chi connectivity index (χ4v) is 2.16. The number of hydrogen-bond donors (Lipinski definition) is 1. The Morgan fingerprint density at radius 1 is 1.33 bits per heavy atom. The highest BCUT2D eigenvalue weighted by atomic mass is 32.2. The van der Waals surface area contributed by atoms with Crippen molar-refractivity contribution in [2.75, 3.05) is 5.32 Å². The highest BCUT2D eigenvalue weighted by Crippen LogP contribution is 2.37. The number of hydrogen-bond acceptors (Lipinski definition) is 3. The van der Waals surface area contributed by atoms with Gasteiger partial charge in [0, 0.05) is 23.0 Å². The van der Waals surface area contributed by atoms with Gasteiger partial charge in [0.2, 0.25) is 5.91 Å². The third kappa shape index (κ3) is 4.52. The van der Waals surface area contributed by atoms with Gasteiger partial charge >= 0.3 is 5.51 Å². The van der Waals surface area contributed by atoms with Gasteiger partial charge in [0.05, 0.1) is 6.33 Å². The Morgan fingerprint density at radius 3 is 2.52 bits per heavy atom. The number of nitrogens with one attached hydrogen (secondary N) is 1. The topological polar surface area (TPSA) is 46.9 Å². The fraction of sp³-hybridized carbons (Fsp3) is 0.231. The molecule has 0 saturated carbocycles. The van der Waals surface area contributed by atoms with Gasteiger partial charge < -0.3 is 9.88 Å². The lowest BCUT2D eigenvalue weighted by atomic mass is 10.2. The van der Waals surface area contributed by atoms with Crippen LogP contribution in [0.4, 0.5) is 18.9 Å². The van der Waals surface area contributed by atoms with E-state index in [9.17, 15) is 18.0 Å². The van der Waals surface area contributed by atoms with Crippen LogP contribution in [0.25, 0.3) is 0 Å². The summed E-state index contributed by atoms with van der Waals surface area (Å²) in [6.45, 7) is 1.70. The summed E-state index contributed by atoms with van der Waals surface area (Å²) >= 11 is -0.192. The van der Waals surface area contributed by atoms with E-state index in [-0.39, 0.29) is 22.6 Å². The molecule has 112 valence electrons. The zero-order chi connectivity index (χ0) is 15.5. The molecule has 1 aromatic carbocycles. The quantitative estimate of drug-likeness (QED) is 0.875. The van der Waals surface area contributed by atoms with Crippen LogP contribution in [0.15, 0.2) is 47.9 Å².